The number of nitrogens with zero attached hydrogens (tertiary/aromatic N) is 2. The summed E-state index contributed by atoms with van der Waals surface area (Å²) in [5, 5.41) is 3.14. The lowest BCUT2D eigenvalue weighted by Crippen LogP contribution is -2.53. The lowest BCUT2D eigenvalue weighted by molar-refractivity contribution is -0.147. The number of benzene rings is 1. The fourth-order valence-corrected chi connectivity index (χ4v) is 4.78. The molecule has 0 bridgehead atoms. The lowest BCUT2D eigenvalue weighted by atomic mass is 9.72. The second-order valence-corrected chi connectivity index (χ2v) is 9.35. The van der Waals surface area contributed by atoms with Gasteiger partial charge in [0, 0.05) is 38.1 Å². The fourth-order valence-electron chi connectivity index (χ4n) is 4.78. The zero-order valence-electron chi connectivity index (χ0n) is 19.0. The van der Waals surface area contributed by atoms with Crippen LogP contribution in [0.15, 0.2) is 48.8 Å². The Bertz CT molecular complexity index is 913. The maximum absolute atomic E-state index is 13.3. The molecule has 0 saturated carbocycles. The maximum Gasteiger partial charge on any atom is 0.251 e. The molecular weight excluding hydrogens is 402 g/mol. The van der Waals surface area contributed by atoms with Crippen LogP contribution >= 0.6 is 0 Å². The monoisotopic (exact) mass is 435 g/mol. The van der Waals surface area contributed by atoms with Crippen LogP contribution in [0, 0.1) is 5.41 Å². The molecule has 32 heavy (non-hydrogen) atoms. The van der Waals surface area contributed by atoms with Crippen molar-refractivity contribution in [3.63, 3.8) is 0 Å². The summed E-state index contributed by atoms with van der Waals surface area (Å²) in [6.07, 6.45) is 7.03. The normalized spacial score (nSPS) is 20.3. The van der Waals surface area contributed by atoms with Gasteiger partial charge in [-0.25, -0.2) is 0 Å². The maximum atomic E-state index is 13.3. The fraction of sp³-hybridized carbons (Fsp3) is 0.500. The molecule has 1 aromatic heterocycles. The Morgan fingerprint density at radius 2 is 1.75 bits per heavy atom. The van der Waals surface area contributed by atoms with Gasteiger partial charge in [-0.1, -0.05) is 24.3 Å². The molecule has 4 rings (SSSR count). The van der Waals surface area contributed by atoms with Crippen molar-refractivity contribution < 1.29 is 14.3 Å². The summed E-state index contributed by atoms with van der Waals surface area (Å²) in [6.45, 7) is 5.84. The van der Waals surface area contributed by atoms with Gasteiger partial charge >= 0.3 is 0 Å². The number of piperidine rings is 1. The van der Waals surface area contributed by atoms with Crippen LogP contribution in [-0.4, -0.2) is 53.5 Å². The van der Waals surface area contributed by atoms with Crippen molar-refractivity contribution >= 4 is 11.8 Å². The van der Waals surface area contributed by atoms with Crippen LogP contribution in [0.5, 0.6) is 0 Å². The quantitative estimate of drug-likeness (QED) is 0.753. The predicted molar refractivity (Wildman–Crippen MR) is 124 cm³/mol. The van der Waals surface area contributed by atoms with Crippen LogP contribution in [-0.2, 0) is 20.7 Å². The second-order valence-electron chi connectivity index (χ2n) is 9.35. The number of pyridine rings is 1. The molecule has 0 radical (unpaired) electrons. The van der Waals surface area contributed by atoms with Gasteiger partial charge in [-0.3, -0.25) is 14.6 Å². The van der Waals surface area contributed by atoms with Gasteiger partial charge in [0.15, 0.2) is 0 Å². The summed E-state index contributed by atoms with van der Waals surface area (Å²) >= 11 is 0. The summed E-state index contributed by atoms with van der Waals surface area (Å²) in [7, 11) is 0. The van der Waals surface area contributed by atoms with Gasteiger partial charge in [0.1, 0.15) is 6.10 Å². The van der Waals surface area contributed by atoms with Crippen LogP contribution < -0.4 is 5.32 Å². The second kappa shape index (κ2) is 9.82. The third kappa shape index (κ3) is 5.01. The number of carbonyl (C=O) groups is 2. The molecule has 2 fully saturated rings. The summed E-state index contributed by atoms with van der Waals surface area (Å²) < 4.78 is 5.59. The number of rotatable bonds is 6. The number of carbonyl (C=O) groups excluding carboxylic acids is 2. The van der Waals surface area contributed by atoms with Crippen molar-refractivity contribution in [1.82, 2.24) is 15.2 Å². The van der Waals surface area contributed by atoms with E-state index < -0.39 is 5.41 Å². The van der Waals surface area contributed by atoms with Crippen LogP contribution in [0.4, 0.5) is 0 Å². The number of hydrogen-bond acceptors (Lipinski definition) is 4. The van der Waals surface area contributed by atoms with E-state index in [1.165, 1.54) is 0 Å². The van der Waals surface area contributed by atoms with Gasteiger partial charge in [-0.05, 0) is 74.8 Å². The van der Waals surface area contributed by atoms with Crippen molar-refractivity contribution in [3.05, 3.63) is 54.4 Å². The Morgan fingerprint density at radius 1 is 1.09 bits per heavy atom. The molecule has 6 nitrogen and oxygen atoms in total. The number of likely N-dealkylation sites (tertiary alicyclic amines) is 1. The summed E-state index contributed by atoms with van der Waals surface area (Å²) in [6, 6.07) is 12.5. The first-order valence-electron chi connectivity index (χ1n) is 11.7. The highest BCUT2D eigenvalue weighted by atomic mass is 16.5. The minimum absolute atomic E-state index is 0.0833. The Labute approximate surface area is 190 Å². The van der Waals surface area contributed by atoms with Crippen LogP contribution in [0.3, 0.4) is 0 Å². The zero-order chi connectivity index (χ0) is 22.6. The molecule has 3 heterocycles. The first-order chi connectivity index (χ1) is 15.5. The molecule has 2 aromatic rings. The molecule has 170 valence electrons. The van der Waals surface area contributed by atoms with E-state index in [0.29, 0.717) is 39.0 Å². The first-order valence-corrected chi connectivity index (χ1v) is 11.7. The van der Waals surface area contributed by atoms with Crippen molar-refractivity contribution in [3.8, 4) is 11.1 Å². The molecular formula is C26H33N3O3. The summed E-state index contributed by atoms with van der Waals surface area (Å²) in [5.74, 6) is 0.178. The van der Waals surface area contributed by atoms with Crippen molar-refractivity contribution in [2.45, 2.75) is 58.1 Å². The molecule has 1 aromatic carbocycles. The highest BCUT2D eigenvalue weighted by Gasteiger charge is 2.43. The third-order valence-electron chi connectivity index (χ3n) is 6.65. The molecule has 2 amide bonds. The highest BCUT2D eigenvalue weighted by Crippen LogP contribution is 2.37. The van der Waals surface area contributed by atoms with Crippen molar-refractivity contribution in [2.75, 3.05) is 19.7 Å². The molecule has 6 heteroatoms. The summed E-state index contributed by atoms with van der Waals surface area (Å²) in [4.78, 5) is 32.1. The van der Waals surface area contributed by atoms with E-state index in [-0.39, 0.29) is 24.0 Å². The van der Waals surface area contributed by atoms with Crippen molar-refractivity contribution in [1.29, 1.82) is 0 Å². The lowest BCUT2D eigenvalue weighted by Gasteiger charge is -2.41. The molecule has 0 aliphatic carbocycles. The molecule has 2 aliphatic rings. The first kappa shape index (κ1) is 22.5. The van der Waals surface area contributed by atoms with E-state index >= 15 is 0 Å². The van der Waals surface area contributed by atoms with E-state index in [1.807, 2.05) is 30.9 Å². The van der Waals surface area contributed by atoms with Crippen molar-refractivity contribution in [2.24, 2.45) is 5.41 Å². The van der Waals surface area contributed by atoms with E-state index in [0.717, 1.165) is 29.5 Å². The van der Waals surface area contributed by atoms with Gasteiger partial charge in [0.25, 0.3) is 5.91 Å². The van der Waals surface area contributed by atoms with E-state index in [1.54, 1.807) is 12.4 Å². The summed E-state index contributed by atoms with van der Waals surface area (Å²) in [5.41, 5.74) is 2.89. The molecule has 2 saturated heterocycles. The third-order valence-corrected chi connectivity index (χ3v) is 6.65. The average molecular weight is 436 g/mol. The topological polar surface area (TPSA) is 71.5 Å². The SMILES string of the molecule is CC(C)NC(=O)C1(Cc2ccc(-c3ccncc3)cc2)CCN(C(=O)C2CCCO2)CC1. The molecule has 1 unspecified atom stereocenters. The Hall–Kier alpha value is -2.73. The van der Waals surface area contributed by atoms with E-state index in [2.05, 4.69) is 34.6 Å². The van der Waals surface area contributed by atoms with E-state index in [4.69, 9.17) is 4.74 Å². The van der Waals surface area contributed by atoms with Gasteiger partial charge < -0.3 is 15.0 Å². The van der Waals surface area contributed by atoms with E-state index in [9.17, 15) is 9.59 Å². The minimum atomic E-state index is -0.504. The zero-order valence-corrected chi connectivity index (χ0v) is 19.0. The number of amides is 2. The van der Waals surface area contributed by atoms with Crippen LogP contribution in [0.1, 0.15) is 45.1 Å². The van der Waals surface area contributed by atoms with Crippen LogP contribution in [0.25, 0.3) is 11.1 Å². The largest absolute Gasteiger partial charge is 0.368 e. The van der Waals surface area contributed by atoms with Gasteiger partial charge in [-0.15, -0.1) is 0 Å². The number of aromatic nitrogens is 1. The Morgan fingerprint density at radius 3 is 2.34 bits per heavy atom. The molecule has 1 N–H and O–H groups in total. The van der Waals surface area contributed by atoms with Gasteiger partial charge in [-0.2, -0.15) is 0 Å². The number of nitrogens with one attached hydrogen (secondary N) is 1. The smallest absolute Gasteiger partial charge is 0.251 e. The Balaban J connectivity index is 1.48. The number of hydrogen-bond donors (Lipinski definition) is 1. The van der Waals surface area contributed by atoms with Gasteiger partial charge in [0.2, 0.25) is 5.91 Å². The Kier molecular flexibility index (Phi) is 6.89. The predicted octanol–water partition coefficient (Wildman–Crippen LogP) is 3.60. The molecule has 0 spiro atoms. The average Bonchev–Trinajstić information content (AvgIpc) is 3.35. The van der Waals surface area contributed by atoms with Gasteiger partial charge in [0.05, 0.1) is 5.41 Å². The highest BCUT2D eigenvalue weighted by molar-refractivity contribution is 5.85. The number of ether oxygens (including phenoxy) is 1. The standard InChI is InChI=1S/C26H33N3O3/c1-19(2)28-25(31)26(11-15-29(16-12-26)24(30)23-4-3-17-32-23)18-20-5-7-21(8-6-20)22-9-13-27-14-10-22/h5-10,13-14,19,23H,3-4,11-12,15-18H2,1-2H3,(H,28,31). The minimum Gasteiger partial charge on any atom is -0.368 e. The van der Waals surface area contributed by atoms with Crippen LogP contribution in [0.2, 0.25) is 0 Å². The molecule has 2 aliphatic heterocycles. The molecule has 1 atom stereocenters.